The average Bonchev–Trinajstić information content (AvgIpc) is 2.53. The van der Waals surface area contributed by atoms with E-state index in [1.54, 1.807) is 6.20 Å². The van der Waals surface area contributed by atoms with Crippen LogP contribution in [-0.4, -0.2) is 16.6 Å². The first-order valence-corrected chi connectivity index (χ1v) is 7.36. The van der Waals surface area contributed by atoms with Crippen molar-refractivity contribution in [3.8, 4) is 5.75 Å². The molecule has 1 aliphatic rings. The predicted octanol–water partition coefficient (Wildman–Crippen LogP) is 2.56. The van der Waals surface area contributed by atoms with Gasteiger partial charge in [0.05, 0.1) is 6.61 Å². The number of nitrogens with two attached hydrogens (primary N) is 1. The minimum absolute atomic E-state index is 0.300. The molecule has 2 heterocycles. The molecule has 1 aliphatic heterocycles. The molecule has 5 heteroatoms. The highest BCUT2D eigenvalue weighted by molar-refractivity contribution is 5.47. The Bertz CT molecular complexity index is 642. The largest absolute Gasteiger partial charge is 0.493 e. The van der Waals surface area contributed by atoms with Crippen LogP contribution in [0.15, 0.2) is 24.4 Å². The highest BCUT2D eigenvalue weighted by Gasteiger charge is 2.11. The third-order valence-electron chi connectivity index (χ3n) is 3.70. The quantitative estimate of drug-likeness (QED) is 0.902. The van der Waals surface area contributed by atoms with Crippen LogP contribution in [0.5, 0.6) is 5.75 Å². The van der Waals surface area contributed by atoms with Gasteiger partial charge in [0.2, 0.25) is 5.95 Å². The van der Waals surface area contributed by atoms with Gasteiger partial charge < -0.3 is 15.8 Å². The Morgan fingerprint density at radius 3 is 3.14 bits per heavy atom. The summed E-state index contributed by atoms with van der Waals surface area (Å²) in [5.41, 5.74) is 9.25. The minimum atomic E-state index is 0.300. The summed E-state index contributed by atoms with van der Waals surface area (Å²) in [6.45, 7) is 3.62. The standard InChI is InChI=1S/C16H20N4O/c1-2-12-10-19-16(17)20-15(12)18-9-11-5-6-14-13(8-11)4-3-7-21-14/h5-6,8,10H,2-4,7,9H2,1H3,(H3,17,18,19,20). The van der Waals surface area contributed by atoms with E-state index in [4.69, 9.17) is 10.5 Å². The fourth-order valence-electron chi connectivity index (χ4n) is 2.54. The van der Waals surface area contributed by atoms with E-state index in [9.17, 15) is 0 Å². The molecule has 1 aromatic carbocycles. The van der Waals surface area contributed by atoms with Crippen molar-refractivity contribution in [2.45, 2.75) is 32.7 Å². The van der Waals surface area contributed by atoms with Crippen molar-refractivity contribution in [3.63, 3.8) is 0 Å². The Kier molecular flexibility index (Phi) is 3.90. The van der Waals surface area contributed by atoms with E-state index >= 15 is 0 Å². The second kappa shape index (κ2) is 5.99. The van der Waals surface area contributed by atoms with Gasteiger partial charge in [-0.1, -0.05) is 19.1 Å². The van der Waals surface area contributed by atoms with Crippen molar-refractivity contribution in [3.05, 3.63) is 41.1 Å². The van der Waals surface area contributed by atoms with Crippen LogP contribution < -0.4 is 15.8 Å². The highest BCUT2D eigenvalue weighted by atomic mass is 16.5. The lowest BCUT2D eigenvalue weighted by Gasteiger charge is -2.18. The van der Waals surface area contributed by atoms with Gasteiger partial charge in [0.1, 0.15) is 11.6 Å². The topological polar surface area (TPSA) is 73.1 Å². The van der Waals surface area contributed by atoms with Crippen LogP contribution in [0, 0.1) is 0 Å². The molecule has 1 aromatic heterocycles. The fraction of sp³-hybridized carbons (Fsp3) is 0.375. The Balaban J connectivity index is 1.74. The molecular weight excluding hydrogens is 264 g/mol. The van der Waals surface area contributed by atoms with Crippen LogP contribution in [-0.2, 0) is 19.4 Å². The van der Waals surface area contributed by atoms with Gasteiger partial charge in [0, 0.05) is 18.3 Å². The number of aromatic nitrogens is 2. The number of aryl methyl sites for hydroxylation is 2. The normalized spacial score (nSPS) is 13.4. The van der Waals surface area contributed by atoms with Gasteiger partial charge in [-0.15, -0.1) is 0 Å². The molecule has 0 saturated heterocycles. The van der Waals surface area contributed by atoms with Gasteiger partial charge >= 0.3 is 0 Å². The molecule has 3 N–H and O–H groups in total. The number of nitrogens with zero attached hydrogens (tertiary/aromatic N) is 2. The van der Waals surface area contributed by atoms with E-state index in [1.165, 1.54) is 11.1 Å². The Morgan fingerprint density at radius 1 is 1.38 bits per heavy atom. The third kappa shape index (κ3) is 3.07. The molecule has 2 aromatic rings. The molecule has 0 saturated carbocycles. The number of anilines is 2. The molecule has 0 amide bonds. The summed E-state index contributed by atoms with van der Waals surface area (Å²) in [6.07, 6.45) is 4.84. The van der Waals surface area contributed by atoms with Crippen LogP contribution in [0.4, 0.5) is 11.8 Å². The Morgan fingerprint density at radius 2 is 2.29 bits per heavy atom. The van der Waals surface area contributed by atoms with Crippen LogP contribution in [0.2, 0.25) is 0 Å². The highest BCUT2D eigenvalue weighted by Crippen LogP contribution is 2.26. The number of benzene rings is 1. The van der Waals surface area contributed by atoms with Crippen molar-refractivity contribution >= 4 is 11.8 Å². The van der Waals surface area contributed by atoms with Crippen molar-refractivity contribution in [1.29, 1.82) is 0 Å². The van der Waals surface area contributed by atoms with Gasteiger partial charge in [-0.25, -0.2) is 4.98 Å². The van der Waals surface area contributed by atoms with E-state index in [1.807, 2.05) is 0 Å². The summed E-state index contributed by atoms with van der Waals surface area (Å²) in [6, 6.07) is 6.35. The monoisotopic (exact) mass is 284 g/mol. The number of hydrogen-bond donors (Lipinski definition) is 2. The van der Waals surface area contributed by atoms with E-state index in [2.05, 4.69) is 40.4 Å². The van der Waals surface area contributed by atoms with Crippen LogP contribution >= 0.6 is 0 Å². The molecule has 5 nitrogen and oxygen atoms in total. The van der Waals surface area contributed by atoms with E-state index in [0.29, 0.717) is 5.95 Å². The lowest BCUT2D eigenvalue weighted by Crippen LogP contribution is -2.10. The van der Waals surface area contributed by atoms with Gasteiger partial charge in [-0.2, -0.15) is 4.98 Å². The molecule has 0 radical (unpaired) electrons. The minimum Gasteiger partial charge on any atom is -0.493 e. The lowest BCUT2D eigenvalue weighted by molar-refractivity contribution is 0.288. The molecule has 0 bridgehead atoms. The maximum absolute atomic E-state index is 5.66. The first-order valence-electron chi connectivity index (χ1n) is 7.36. The van der Waals surface area contributed by atoms with Crippen molar-refractivity contribution < 1.29 is 4.74 Å². The molecule has 0 unspecified atom stereocenters. The summed E-state index contributed by atoms with van der Waals surface area (Å²) in [5.74, 6) is 2.14. The van der Waals surface area contributed by atoms with E-state index in [0.717, 1.165) is 49.5 Å². The maximum atomic E-state index is 5.66. The van der Waals surface area contributed by atoms with Gasteiger partial charge in [0.15, 0.2) is 0 Å². The zero-order chi connectivity index (χ0) is 14.7. The number of nitrogen functional groups attached to an aromatic ring is 1. The first-order chi connectivity index (χ1) is 10.3. The Labute approximate surface area is 124 Å². The second-order valence-corrected chi connectivity index (χ2v) is 5.20. The second-order valence-electron chi connectivity index (χ2n) is 5.20. The zero-order valence-corrected chi connectivity index (χ0v) is 12.2. The van der Waals surface area contributed by atoms with E-state index in [-0.39, 0.29) is 0 Å². The molecule has 21 heavy (non-hydrogen) atoms. The van der Waals surface area contributed by atoms with Gasteiger partial charge in [-0.05, 0) is 36.5 Å². The molecule has 0 atom stereocenters. The number of ether oxygens (including phenoxy) is 1. The van der Waals surface area contributed by atoms with Crippen molar-refractivity contribution in [2.24, 2.45) is 0 Å². The number of fused-ring (bicyclic) bond motifs is 1. The summed E-state index contributed by atoms with van der Waals surface area (Å²) < 4.78 is 5.64. The first kappa shape index (κ1) is 13.7. The number of nitrogens with one attached hydrogen (secondary N) is 1. The van der Waals surface area contributed by atoms with E-state index < -0.39 is 0 Å². The maximum Gasteiger partial charge on any atom is 0.221 e. The molecule has 0 aliphatic carbocycles. The van der Waals surface area contributed by atoms with Gasteiger partial charge in [0.25, 0.3) is 0 Å². The SMILES string of the molecule is CCc1cnc(N)nc1NCc1ccc2c(c1)CCCO2. The average molecular weight is 284 g/mol. The summed E-state index contributed by atoms with van der Waals surface area (Å²) in [7, 11) is 0. The lowest BCUT2D eigenvalue weighted by atomic mass is 10.0. The van der Waals surface area contributed by atoms with Gasteiger partial charge in [-0.3, -0.25) is 0 Å². The van der Waals surface area contributed by atoms with Crippen LogP contribution in [0.3, 0.4) is 0 Å². The molecular formula is C16H20N4O. The Hall–Kier alpha value is -2.30. The summed E-state index contributed by atoms with van der Waals surface area (Å²) in [5, 5.41) is 3.36. The van der Waals surface area contributed by atoms with Crippen LogP contribution in [0.25, 0.3) is 0 Å². The summed E-state index contributed by atoms with van der Waals surface area (Å²) in [4.78, 5) is 8.31. The van der Waals surface area contributed by atoms with Crippen molar-refractivity contribution in [2.75, 3.05) is 17.7 Å². The fourth-order valence-corrected chi connectivity index (χ4v) is 2.54. The number of hydrogen-bond acceptors (Lipinski definition) is 5. The predicted molar refractivity (Wildman–Crippen MR) is 83.4 cm³/mol. The summed E-state index contributed by atoms with van der Waals surface area (Å²) >= 11 is 0. The molecule has 0 fully saturated rings. The van der Waals surface area contributed by atoms with Crippen molar-refractivity contribution in [1.82, 2.24) is 9.97 Å². The molecule has 3 rings (SSSR count). The third-order valence-corrected chi connectivity index (χ3v) is 3.70. The molecule has 110 valence electrons. The smallest absolute Gasteiger partial charge is 0.221 e. The molecule has 0 spiro atoms. The number of rotatable bonds is 4. The van der Waals surface area contributed by atoms with Crippen LogP contribution in [0.1, 0.15) is 30.0 Å². The zero-order valence-electron chi connectivity index (χ0n) is 12.2.